The van der Waals surface area contributed by atoms with E-state index in [1.54, 1.807) is 6.92 Å². The minimum atomic E-state index is -0.502. The maximum atomic E-state index is 10.9. The first kappa shape index (κ1) is 10.1. The van der Waals surface area contributed by atoms with Gasteiger partial charge in [0.1, 0.15) is 6.29 Å². The fourth-order valence-corrected chi connectivity index (χ4v) is 0.551. The van der Waals surface area contributed by atoms with Gasteiger partial charge in [-0.2, -0.15) is 0 Å². The van der Waals surface area contributed by atoms with E-state index in [-0.39, 0.29) is 5.91 Å². The van der Waals surface area contributed by atoms with Crippen LogP contribution in [0.2, 0.25) is 0 Å². The third-order valence-corrected chi connectivity index (χ3v) is 1.35. The molecule has 11 heavy (non-hydrogen) atoms. The van der Waals surface area contributed by atoms with Gasteiger partial charge < -0.3 is 15.8 Å². The van der Waals surface area contributed by atoms with Crippen molar-refractivity contribution in [3.8, 4) is 0 Å². The number of carbonyl (C=O) groups is 2. The first-order chi connectivity index (χ1) is 5.11. The van der Waals surface area contributed by atoms with Crippen molar-refractivity contribution < 1.29 is 9.59 Å². The van der Waals surface area contributed by atoms with Crippen LogP contribution in [0.25, 0.3) is 0 Å². The molecular formula is C7H14N2O2. The molecule has 0 rings (SSSR count). The predicted molar refractivity (Wildman–Crippen MR) is 41.9 cm³/mol. The lowest BCUT2D eigenvalue weighted by Crippen LogP contribution is -2.44. The van der Waals surface area contributed by atoms with Gasteiger partial charge in [-0.25, -0.2) is 0 Å². The van der Waals surface area contributed by atoms with Crippen LogP contribution >= 0.6 is 0 Å². The number of aldehydes is 1. The van der Waals surface area contributed by atoms with Gasteiger partial charge >= 0.3 is 0 Å². The molecule has 0 aromatic heterocycles. The van der Waals surface area contributed by atoms with Crippen LogP contribution in [0, 0.1) is 0 Å². The zero-order valence-electron chi connectivity index (χ0n) is 6.83. The Labute approximate surface area is 66.1 Å². The Balaban J connectivity index is 3.76. The Morgan fingerprint density at radius 2 is 2.27 bits per heavy atom. The lowest BCUT2D eigenvalue weighted by molar-refractivity contribution is -0.124. The van der Waals surface area contributed by atoms with E-state index >= 15 is 0 Å². The van der Waals surface area contributed by atoms with E-state index in [0.717, 1.165) is 0 Å². The van der Waals surface area contributed by atoms with Gasteiger partial charge in [0.25, 0.3) is 0 Å². The first-order valence-electron chi connectivity index (χ1n) is 3.63. The van der Waals surface area contributed by atoms with E-state index < -0.39 is 12.1 Å². The van der Waals surface area contributed by atoms with Gasteiger partial charge in [-0.05, 0) is 13.3 Å². The predicted octanol–water partition coefficient (Wildman–Crippen LogP) is -0.573. The summed E-state index contributed by atoms with van der Waals surface area (Å²) < 4.78 is 0. The maximum Gasteiger partial charge on any atom is 0.237 e. The van der Waals surface area contributed by atoms with Gasteiger partial charge in [-0.1, -0.05) is 6.92 Å². The van der Waals surface area contributed by atoms with Crippen molar-refractivity contribution in [2.45, 2.75) is 32.4 Å². The summed E-state index contributed by atoms with van der Waals surface area (Å²) in [6.07, 6.45) is 1.25. The van der Waals surface area contributed by atoms with Gasteiger partial charge in [0.2, 0.25) is 5.91 Å². The lowest BCUT2D eigenvalue weighted by Gasteiger charge is -2.11. The summed E-state index contributed by atoms with van der Waals surface area (Å²) in [7, 11) is 0. The highest BCUT2D eigenvalue weighted by Gasteiger charge is 2.12. The van der Waals surface area contributed by atoms with Crippen LogP contribution in [0.15, 0.2) is 0 Å². The van der Waals surface area contributed by atoms with Crippen molar-refractivity contribution in [1.82, 2.24) is 5.32 Å². The van der Waals surface area contributed by atoms with Crippen molar-refractivity contribution in [1.29, 1.82) is 0 Å². The molecule has 0 aliphatic carbocycles. The van der Waals surface area contributed by atoms with Gasteiger partial charge in [0.05, 0.1) is 12.1 Å². The summed E-state index contributed by atoms with van der Waals surface area (Å²) >= 11 is 0. The molecule has 0 aromatic rings. The van der Waals surface area contributed by atoms with Crippen molar-refractivity contribution in [2.24, 2.45) is 5.73 Å². The SMILES string of the molecule is CC[C@H](N)C(=O)N[C@@H](C)C=O. The van der Waals surface area contributed by atoms with Crippen LogP contribution in [0.4, 0.5) is 0 Å². The molecule has 0 heterocycles. The second kappa shape index (κ2) is 4.85. The average molecular weight is 158 g/mol. The Morgan fingerprint density at radius 3 is 2.64 bits per heavy atom. The Hall–Kier alpha value is -0.900. The molecule has 0 aromatic carbocycles. The number of carbonyl (C=O) groups excluding carboxylic acids is 2. The molecule has 4 heteroatoms. The highest BCUT2D eigenvalue weighted by Crippen LogP contribution is 1.86. The smallest absolute Gasteiger partial charge is 0.237 e. The monoisotopic (exact) mass is 158 g/mol. The van der Waals surface area contributed by atoms with Crippen LogP contribution in [0.5, 0.6) is 0 Å². The number of hydrogen-bond donors (Lipinski definition) is 2. The quantitative estimate of drug-likeness (QED) is 0.538. The van der Waals surface area contributed by atoms with Gasteiger partial charge in [-0.15, -0.1) is 0 Å². The number of hydrogen-bond acceptors (Lipinski definition) is 3. The van der Waals surface area contributed by atoms with E-state index in [4.69, 9.17) is 5.73 Å². The summed E-state index contributed by atoms with van der Waals surface area (Å²) in [4.78, 5) is 21.0. The van der Waals surface area contributed by atoms with Crippen LogP contribution in [0.3, 0.4) is 0 Å². The molecule has 0 saturated carbocycles. The number of nitrogens with one attached hydrogen (secondary N) is 1. The molecule has 0 bridgehead atoms. The Bertz CT molecular complexity index is 147. The number of nitrogens with two attached hydrogens (primary N) is 1. The fraction of sp³-hybridized carbons (Fsp3) is 0.714. The van der Waals surface area contributed by atoms with E-state index in [0.29, 0.717) is 12.7 Å². The summed E-state index contributed by atoms with van der Waals surface area (Å²) in [6.45, 7) is 3.42. The second-order valence-corrected chi connectivity index (χ2v) is 2.45. The van der Waals surface area contributed by atoms with Crippen molar-refractivity contribution in [2.75, 3.05) is 0 Å². The Morgan fingerprint density at radius 1 is 1.73 bits per heavy atom. The summed E-state index contributed by atoms with van der Waals surface area (Å²) in [5.74, 6) is -0.271. The number of amides is 1. The normalized spacial score (nSPS) is 15.2. The first-order valence-corrected chi connectivity index (χ1v) is 3.63. The lowest BCUT2D eigenvalue weighted by atomic mass is 10.2. The molecule has 4 nitrogen and oxygen atoms in total. The van der Waals surface area contributed by atoms with Crippen molar-refractivity contribution in [3.63, 3.8) is 0 Å². The summed E-state index contributed by atoms with van der Waals surface area (Å²) in [5, 5.41) is 2.45. The Kier molecular flexibility index (Phi) is 4.45. The second-order valence-electron chi connectivity index (χ2n) is 2.45. The third kappa shape index (κ3) is 3.72. The third-order valence-electron chi connectivity index (χ3n) is 1.35. The summed E-state index contributed by atoms with van der Waals surface area (Å²) in [5.41, 5.74) is 5.39. The number of rotatable bonds is 4. The zero-order chi connectivity index (χ0) is 8.85. The molecule has 2 atom stereocenters. The molecule has 3 N–H and O–H groups in total. The highest BCUT2D eigenvalue weighted by molar-refractivity contribution is 5.83. The molecular weight excluding hydrogens is 144 g/mol. The van der Waals surface area contributed by atoms with Gasteiger partial charge in [-0.3, -0.25) is 4.79 Å². The van der Waals surface area contributed by atoms with E-state index in [1.165, 1.54) is 0 Å². The van der Waals surface area contributed by atoms with E-state index in [1.807, 2.05) is 6.92 Å². The maximum absolute atomic E-state index is 10.9. The molecule has 0 aliphatic heterocycles. The van der Waals surface area contributed by atoms with E-state index in [2.05, 4.69) is 5.32 Å². The molecule has 0 saturated heterocycles. The zero-order valence-corrected chi connectivity index (χ0v) is 6.83. The van der Waals surface area contributed by atoms with Crippen LogP contribution in [0.1, 0.15) is 20.3 Å². The van der Waals surface area contributed by atoms with Crippen LogP contribution in [-0.4, -0.2) is 24.3 Å². The molecule has 0 fully saturated rings. The van der Waals surface area contributed by atoms with E-state index in [9.17, 15) is 9.59 Å². The largest absolute Gasteiger partial charge is 0.346 e. The standard InChI is InChI=1S/C7H14N2O2/c1-3-6(8)7(11)9-5(2)4-10/h4-6H,3,8H2,1-2H3,(H,9,11)/t5-,6-/m0/s1. The minimum absolute atomic E-state index is 0.271. The molecule has 0 unspecified atom stereocenters. The average Bonchev–Trinajstić information content (AvgIpc) is 2.02. The van der Waals surface area contributed by atoms with Gasteiger partial charge in [0, 0.05) is 0 Å². The molecule has 0 spiro atoms. The fourth-order valence-electron chi connectivity index (χ4n) is 0.551. The van der Waals surface area contributed by atoms with Crippen molar-refractivity contribution >= 4 is 12.2 Å². The molecule has 0 aliphatic rings. The summed E-state index contributed by atoms with van der Waals surface area (Å²) in [6, 6.07) is -0.947. The highest BCUT2D eigenvalue weighted by atomic mass is 16.2. The molecule has 64 valence electrons. The van der Waals surface area contributed by atoms with Crippen molar-refractivity contribution in [3.05, 3.63) is 0 Å². The van der Waals surface area contributed by atoms with Crippen LogP contribution < -0.4 is 11.1 Å². The molecule has 0 radical (unpaired) electrons. The van der Waals surface area contributed by atoms with Gasteiger partial charge in [0.15, 0.2) is 0 Å². The molecule has 1 amide bonds. The minimum Gasteiger partial charge on any atom is -0.346 e. The topological polar surface area (TPSA) is 72.2 Å². The van der Waals surface area contributed by atoms with Crippen LogP contribution in [-0.2, 0) is 9.59 Å².